The van der Waals surface area contributed by atoms with E-state index in [1.54, 1.807) is 6.07 Å². The van der Waals surface area contributed by atoms with Gasteiger partial charge in [0.2, 0.25) is 0 Å². The predicted molar refractivity (Wildman–Crippen MR) is 54.0 cm³/mol. The van der Waals surface area contributed by atoms with Crippen molar-refractivity contribution in [2.45, 2.75) is 25.2 Å². The van der Waals surface area contributed by atoms with Crippen LogP contribution in [0.4, 0.5) is 8.78 Å². The van der Waals surface area contributed by atoms with Gasteiger partial charge in [0, 0.05) is 11.6 Å². The van der Waals surface area contributed by atoms with Crippen molar-refractivity contribution in [2.75, 3.05) is 13.1 Å². The third-order valence-corrected chi connectivity index (χ3v) is 2.77. The van der Waals surface area contributed by atoms with Crippen molar-refractivity contribution in [1.29, 1.82) is 0 Å². The first-order valence-electron chi connectivity index (χ1n) is 5.23. The van der Waals surface area contributed by atoms with Crippen molar-refractivity contribution in [1.82, 2.24) is 10.3 Å². The van der Waals surface area contributed by atoms with Gasteiger partial charge in [-0.1, -0.05) is 6.07 Å². The lowest BCUT2D eigenvalue weighted by Gasteiger charge is -2.22. The van der Waals surface area contributed by atoms with Gasteiger partial charge in [-0.2, -0.15) is 0 Å². The normalized spacial score (nSPS) is 18.3. The molecule has 0 spiro atoms. The van der Waals surface area contributed by atoms with Gasteiger partial charge in [0.25, 0.3) is 6.43 Å². The number of pyridine rings is 1. The van der Waals surface area contributed by atoms with Crippen LogP contribution < -0.4 is 5.32 Å². The highest BCUT2D eigenvalue weighted by Crippen LogP contribution is 2.25. The van der Waals surface area contributed by atoms with Gasteiger partial charge in [0.15, 0.2) is 0 Å². The van der Waals surface area contributed by atoms with Gasteiger partial charge in [0.1, 0.15) is 5.69 Å². The molecule has 1 N–H and O–H groups in total. The number of rotatable bonds is 2. The lowest BCUT2D eigenvalue weighted by molar-refractivity contribution is 0.145. The maximum Gasteiger partial charge on any atom is 0.280 e. The third-order valence-electron chi connectivity index (χ3n) is 2.77. The highest BCUT2D eigenvalue weighted by molar-refractivity contribution is 5.16. The van der Waals surface area contributed by atoms with E-state index in [1.807, 2.05) is 6.07 Å². The van der Waals surface area contributed by atoms with Crippen molar-refractivity contribution in [3.05, 3.63) is 29.6 Å². The van der Waals surface area contributed by atoms with Crippen molar-refractivity contribution < 1.29 is 8.78 Å². The molecule has 2 nitrogen and oxygen atoms in total. The molecule has 2 rings (SSSR count). The summed E-state index contributed by atoms with van der Waals surface area (Å²) < 4.78 is 24.9. The van der Waals surface area contributed by atoms with Crippen LogP contribution in [0.5, 0.6) is 0 Å². The van der Waals surface area contributed by atoms with Gasteiger partial charge >= 0.3 is 0 Å². The number of nitrogens with one attached hydrogen (secondary N) is 1. The van der Waals surface area contributed by atoms with Crippen LogP contribution in [-0.2, 0) is 0 Å². The van der Waals surface area contributed by atoms with Crippen LogP contribution in [0.15, 0.2) is 18.2 Å². The fourth-order valence-electron chi connectivity index (χ4n) is 1.94. The summed E-state index contributed by atoms with van der Waals surface area (Å²) in [6.07, 6.45) is -0.494. The van der Waals surface area contributed by atoms with Crippen LogP contribution in [0.25, 0.3) is 0 Å². The zero-order valence-electron chi connectivity index (χ0n) is 8.42. The van der Waals surface area contributed by atoms with Gasteiger partial charge < -0.3 is 5.32 Å². The Morgan fingerprint density at radius 3 is 2.67 bits per heavy atom. The number of nitrogens with zero attached hydrogens (tertiary/aromatic N) is 1. The van der Waals surface area contributed by atoms with Gasteiger partial charge in [0.05, 0.1) is 0 Å². The SMILES string of the molecule is FC(F)c1cccc(C2CCNCC2)n1. The second kappa shape index (κ2) is 4.66. The molecule has 2 heterocycles. The van der Waals surface area contributed by atoms with E-state index in [4.69, 9.17) is 0 Å². The fraction of sp³-hybridized carbons (Fsp3) is 0.545. The van der Waals surface area contributed by atoms with E-state index in [0.717, 1.165) is 31.6 Å². The maximum absolute atomic E-state index is 12.4. The fourth-order valence-corrected chi connectivity index (χ4v) is 1.94. The average molecular weight is 212 g/mol. The maximum atomic E-state index is 12.4. The van der Waals surface area contributed by atoms with Gasteiger partial charge in [-0.25, -0.2) is 8.78 Å². The molecule has 1 aromatic rings. The van der Waals surface area contributed by atoms with Crippen molar-refractivity contribution in [3.8, 4) is 0 Å². The van der Waals surface area contributed by atoms with Crippen molar-refractivity contribution in [2.24, 2.45) is 0 Å². The first-order chi connectivity index (χ1) is 7.27. The first-order valence-corrected chi connectivity index (χ1v) is 5.23. The van der Waals surface area contributed by atoms with Crippen molar-refractivity contribution in [3.63, 3.8) is 0 Å². The summed E-state index contributed by atoms with van der Waals surface area (Å²) in [5, 5.41) is 3.25. The quantitative estimate of drug-likeness (QED) is 0.814. The minimum absolute atomic E-state index is 0.106. The Bertz CT molecular complexity index is 322. The molecule has 0 aromatic carbocycles. The average Bonchev–Trinajstić information content (AvgIpc) is 2.30. The second-order valence-corrected chi connectivity index (χ2v) is 3.81. The zero-order valence-corrected chi connectivity index (χ0v) is 8.42. The number of halogens is 2. The summed E-state index contributed by atoms with van der Waals surface area (Å²) in [6.45, 7) is 1.90. The minimum Gasteiger partial charge on any atom is -0.317 e. The standard InChI is InChI=1S/C11H14F2N2/c12-11(13)10-3-1-2-9(15-10)8-4-6-14-7-5-8/h1-3,8,11,14H,4-7H2. The Hall–Kier alpha value is -1.03. The number of piperidine rings is 1. The summed E-state index contributed by atoms with van der Waals surface area (Å²) in [5.74, 6) is 0.338. The zero-order chi connectivity index (χ0) is 10.7. The Labute approximate surface area is 87.7 Å². The van der Waals surface area contributed by atoms with Crippen LogP contribution in [0, 0.1) is 0 Å². The molecule has 1 fully saturated rings. The van der Waals surface area contributed by atoms with Gasteiger partial charge in [-0.3, -0.25) is 4.98 Å². The van der Waals surface area contributed by atoms with Crippen LogP contribution in [0.2, 0.25) is 0 Å². The van der Waals surface area contributed by atoms with E-state index < -0.39 is 6.43 Å². The van der Waals surface area contributed by atoms with E-state index in [-0.39, 0.29) is 5.69 Å². The molecule has 0 saturated carbocycles. The molecule has 15 heavy (non-hydrogen) atoms. The molecule has 0 atom stereocenters. The van der Waals surface area contributed by atoms with E-state index >= 15 is 0 Å². The summed E-state index contributed by atoms with van der Waals surface area (Å²) >= 11 is 0. The molecule has 0 radical (unpaired) electrons. The van der Waals surface area contributed by atoms with Crippen LogP contribution >= 0.6 is 0 Å². The van der Waals surface area contributed by atoms with E-state index in [9.17, 15) is 8.78 Å². The Balaban J connectivity index is 2.16. The van der Waals surface area contributed by atoms with Crippen LogP contribution in [-0.4, -0.2) is 18.1 Å². The minimum atomic E-state index is -2.47. The molecular formula is C11H14F2N2. The molecule has 0 aliphatic carbocycles. The first kappa shape index (κ1) is 10.5. The van der Waals surface area contributed by atoms with Crippen molar-refractivity contribution >= 4 is 0 Å². The third kappa shape index (κ3) is 2.50. The monoisotopic (exact) mass is 212 g/mol. The molecule has 1 saturated heterocycles. The Morgan fingerprint density at radius 1 is 1.27 bits per heavy atom. The van der Waals surface area contributed by atoms with E-state index in [2.05, 4.69) is 10.3 Å². The Morgan fingerprint density at radius 2 is 2.00 bits per heavy atom. The molecule has 0 unspecified atom stereocenters. The topological polar surface area (TPSA) is 24.9 Å². The second-order valence-electron chi connectivity index (χ2n) is 3.81. The molecule has 82 valence electrons. The van der Waals surface area contributed by atoms with Gasteiger partial charge in [-0.05, 0) is 38.1 Å². The molecule has 1 aliphatic heterocycles. The molecule has 1 aliphatic rings. The summed E-state index contributed by atoms with van der Waals surface area (Å²) in [6, 6.07) is 4.91. The van der Waals surface area contributed by atoms with Gasteiger partial charge in [-0.15, -0.1) is 0 Å². The largest absolute Gasteiger partial charge is 0.317 e. The highest BCUT2D eigenvalue weighted by atomic mass is 19.3. The number of hydrogen-bond donors (Lipinski definition) is 1. The molecule has 1 aromatic heterocycles. The molecule has 4 heteroatoms. The number of alkyl halides is 2. The highest BCUT2D eigenvalue weighted by Gasteiger charge is 2.18. The molecular weight excluding hydrogens is 198 g/mol. The molecule has 0 amide bonds. The molecule has 0 bridgehead atoms. The summed E-state index contributed by atoms with van der Waals surface area (Å²) in [7, 11) is 0. The van der Waals surface area contributed by atoms with Crippen LogP contribution in [0.1, 0.15) is 36.6 Å². The predicted octanol–water partition coefficient (Wildman–Crippen LogP) is 2.49. The van der Waals surface area contributed by atoms with E-state index in [1.165, 1.54) is 6.07 Å². The van der Waals surface area contributed by atoms with Crippen LogP contribution in [0.3, 0.4) is 0 Å². The lowest BCUT2D eigenvalue weighted by atomic mass is 9.94. The summed E-state index contributed by atoms with van der Waals surface area (Å²) in [5.41, 5.74) is 0.709. The summed E-state index contributed by atoms with van der Waals surface area (Å²) in [4.78, 5) is 4.02. The lowest BCUT2D eigenvalue weighted by Crippen LogP contribution is -2.27. The number of aromatic nitrogens is 1. The van der Waals surface area contributed by atoms with E-state index in [0.29, 0.717) is 5.92 Å². The smallest absolute Gasteiger partial charge is 0.280 e. The Kier molecular flexibility index (Phi) is 3.26. The number of hydrogen-bond acceptors (Lipinski definition) is 2.